The number of amides is 1. The molecule has 0 atom stereocenters. The second-order valence-corrected chi connectivity index (χ2v) is 5.08. The average molecular weight is 333 g/mol. The predicted octanol–water partition coefficient (Wildman–Crippen LogP) is 4.56. The Balaban J connectivity index is 2.08. The van der Waals surface area contributed by atoms with E-state index in [0.717, 1.165) is 18.2 Å². The summed E-state index contributed by atoms with van der Waals surface area (Å²) in [7, 11) is 0. The lowest BCUT2D eigenvalue weighted by Crippen LogP contribution is -2.08. The second kappa shape index (κ2) is 7.12. The summed E-state index contributed by atoms with van der Waals surface area (Å²) in [5.74, 6) is -0.640. The van der Waals surface area contributed by atoms with Crippen LogP contribution in [0.1, 0.15) is 28.4 Å². The van der Waals surface area contributed by atoms with Crippen LogP contribution in [0.3, 0.4) is 0 Å². The van der Waals surface area contributed by atoms with Crippen molar-refractivity contribution >= 4 is 23.5 Å². The van der Waals surface area contributed by atoms with Gasteiger partial charge in [0.15, 0.2) is 5.78 Å². The smallest absolute Gasteiger partial charge is 0.322 e. The van der Waals surface area contributed by atoms with Gasteiger partial charge in [-0.25, -0.2) is 0 Å². The van der Waals surface area contributed by atoms with Crippen LogP contribution in [0.5, 0.6) is 0 Å². The van der Waals surface area contributed by atoms with Crippen LogP contribution >= 0.6 is 0 Å². The van der Waals surface area contributed by atoms with Crippen molar-refractivity contribution in [2.45, 2.75) is 13.1 Å². The van der Waals surface area contributed by atoms with Gasteiger partial charge in [-0.15, -0.1) is 0 Å². The van der Waals surface area contributed by atoms with Crippen molar-refractivity contribution < 1.29 is 22.8 Å². The Morgan fingerprint density at radius 2 is 1.75 bits per heavy atom. The Morgan fingerprint density at radius 3 is 2.42 bits per heavy atom. The minimum Gasteiger partial charge on any atom is -0.322 e. The third-order valence-corrected chi connectivity index (χ3v) is 3.18. The molecule has 2 aromatic carbocycles. The number of halogens is 3. The summed E-state index contributed by atoms with van der Waals surface area (Å²) in [5.41, 5.74) is 0.368. The lowest BCUT2D eigenvalue weighted by Gasteiger charge is -2.06. The first-order valence-electron chi connectivity index (χ1n) is 7.03. The normalized spacial score (nSPS) is 11.5. The molecule has 0 spiro atoms. The average Bonchev–Trinajstić information content (AvgIpc) is 2.52. The molecule has 0 aliphatic heterocycles. The fourth-order valence-corrected chi connectivity index (χ4v) is 1.99. The van der Waals surface area contributed by atoms with Gasteiger partial charge in [-0.3, -0.25) is 9.59 Å². The van der Waals surface area contributed by atoms with Crippen LogP contribution in [0.4, 0.5) is 18.9 Å². The number of carbonyl (C=O) groups is 2. The van der Waals surface area contributed by atoms with Crippen molar-refractivity contribution in [2.75, 3.05) is 5.32 Å². The van der Waals surface area contributed by atoms with Crippen LogP contribution < -0.4 is 5.32 Å². The molecule has 0 bridgehead atoms. The van der Waals surface area contributed by atoms with E-state index in [2.05, 4.69) is 5.32 Å². The molecule has 0 heterocycles. The van der Waals surface area contributed by atoms with Crippen molar-refractivity contribution in [1.82, 2.24) is 0 Å². The molecule has 0 fully saturated rings. The third-order valence-electron chi connectivity index (χ3n) is 3.18. The summed E-state index contributed by atoms with van der Waals surface area (Å²) < 4.78 is 37.9. The van der Waals surface area contributed by atoms with Gasteiger partial charge >= 0.3 is 6.18 Å². The molecular formula is C18H14F3NO2. The molecule has 0 saturated heterocycles. The molecular weight excluding hydrogens is 319 g/mol. The molecule has 2 aromatic rings. The molecule has 0 radical (unpaired) electrons. The highest BCUT2D eigenvalue weighted by atomic mass is 19.4. The monoisotopic (exact) mass is 333 g/mol. The number of hydrogen-bond donors (Lipinski definition) is 1. The summed E-state index contributed by atoms with van der Waals surface area (Å²) in [6.45, 7) is 1.41. The van der Waals surface area contributed by atoms with Crippen molar-refractivity contribution in [3.05, 3.63) is 71.3 Å². The summed E-state index contributed by atoms with van der Waals surface area (Å²) in [6.07, 6.45) is -2.01. The van der Waals surface area contributed by atoms with Crippen molar-refractivity contribution in [3.63, 3.8) is 0 Å². The summed E-state index contributed by atoms with van der Waals surface area (Å²) in [6, 6.07) is 11.1. The minimum absolute atomic E-state index is 0.134. The maximum Gasteiger partial charge on any atom is 0.416 e. The van der Waals surface area contributed by atoms with Gasteiger partial charge in [0.05, 0.1) is 5.56 Å². The Morgan fingerprint density at radius 1 is 1.04 bits per heavy atom. The molecule has 124 valence electrons. The number of anilines is 1. The Labute approximate surface area is 136 Å². The van der Waals surface area contributed by atoms with Gasteiger partial charge in [-0.2, -0.15) is 13.2 Å². The number of benzene rings is 2. The van der Waals surface area contributed by atoms with E-state index in [9.17, 15) is 22.8 Å². The maximum atomic E-state index is 12.6. The van der Waals surface area contributed by atoms with E-state index >= 15 is 0 Å². The fraction of sp³-hybridized carbons (Fsp3) is 0.111. The molecule has 2 rings (SSSR count). The molecule has 1 amide bonds. The van der Waals surface area contributed by atoms with E-state index in [1.807, 2.05) is 0 Å². The largest absolute Gasteiger partial charge is 0.416 e. The highest BCUT2D eigenvalue weighted by Crippen LogP contribution is 2.29. The van der Waals surface area contributed by atoms with Gasteiger partial charge in [-0.1, -0.05) is 24.3 Å². The molecule has 0 saturated carbocycles. The lowest BCUT2D eigenvalue weighted by atomic mass is 10.1. The number of carbonyl (C=O) groups excluding carboxylic acids is 2. The van der Waals surface area contributed by atoms with Gasteiger partial charge in [0, 0.05) is 17.3 Å². The first-order chi connectivity index (χ1) is 11.3. The lowest BCUT2D eigenvalue weighted by molar-refractivity contribution is -0.137. The van der Waals surface area contributed by atoms with Gasteiger partial charge in [0.2, 0.25) is 5.91 Å². The van der Waals surface area contributed by atoms with Gasteiger partial charge in [0.25, 0.3) is 0 Å². The van der Waals surface area contributed by atoms with E-state index in [0.29, 0.717) is 11.3 Å². The summed E-state index contributed by atoms with van der Waals surface area (Å²) in [5, 5.41) is 2.55. The molecule has 1 N–H and O–H groups in total. The Hall–Kier alpha value is -2.89. The predicted molar refractivity (Wildman–Crippen MR) is 85.6 cm³/mol. The van der Waals surface area contributed by atoms with Crippen molar-refractivity contribution in [3.8, 4) is 0 Å². The van der Waals surface area contributed by atoms with Gasteiger partial charge < -0.3 is 5.32 Å². The van der Waals surface area contributed by atoms with Crippen LogP contribution in [-0.2, 0) is 11.0 Å². The van der Waals surface area contributed by atoms with Crippen molar-refractivity contribution in [2.24, 2.45) is 0 Å². The van der Waals surface area contributed by atoms with Crippen LogP contribution in [0.2, 0.25) is 0 Å². The third kappa shape index (κ3) is 4.81. The topological polar surface area (TPSA) is 46.2 Å². The maximum absolute atomic E-state index is 12.6. The van der Waals surface area contributed by atoms with Crippen LogP contribution in [0.15, 0.2) is 54.6 Å². The number of nitrogens with one attached hydrogen (secondary N) is 1. The van der Waals surface area contributed by atoms with Crippen molar-refractivity contribution in [1.29, 1.82) is 0 Å². The summed E-state index contributed by atoms with van der Waals surface area (Å²) in [4.78, 5) is 23.1. The molecule has 6 heteroatoms. The van der Waals surface area contributed by atoms with Crippen LogP contribution in [0.25, 0.3) is 6.08 Å². The Bertz CT molecular complexity index is 795. The molecule has 0 aromatic heterocycles. The number of rotatable bonds is 4. The van der Waals surface area contributed by atoms with E-state index in [-0.39, 0.29) is 11.3 Å². The quantitative estimate of drug-likeness (QED) is 0.658. The zero-order valence-corrected chi connectivity index (χ0v) is 12.7. The van der Waals surface area contributed by atoms with E-state index in [1.54, 1.807) is 18.2 Å². The van der Waals surface area contributed by atoms with E-state index in [4.69, 9.17) is 0 Å². The molecule has 0 unspecified atom stereocenters. The van der Waals surface area contributed by atoms with Gasteiger partial charge in [-0.05, 0) is 42.8 Å². The standard InChI is InChI=1S/C18H14F3NO2/c1-12(23)14-5-3-7-16(11-14)22-17(24)9-8-13-4-2-6-15(10-13)18(19,20)21/h2-11H,1H3,(H,22,24)/b9-8+. The first-order valence-corrected chi connectivity index (χ1v) is 7.03. The summed E-state index contributed by atoms with van der Waals surface area (Å²) >= 11 is 0. The highest BCUT2D eigenvalue weighted by molar-refractivity contribution is 6.03. The zero-order valence-electron chi connectivity index (χ0n) is 12.7. The number of Topliss-reactive ketones (excluding diaryl/α,β-unsaturated/α-hetero) is 1. The van der Waals surface area contributed by atoms with E-state index < -0.39 is 17.6 Å². The fourth-order valence-electron chi connectivity index (χ4n) is 1.99. The van der Waals surface area contributed by atoms with Crippen LogP contribution in [-0.4, -0.2) is 11.7 Å². The second-order valence-electron chi connectivity index (χ2n) is 5.08. The molecule has 0 aliphatic rings. The molecule has 0 aliphatic carbocycles. The van der Waals surface area contributed by atoms with E-state index in [1.165, 1.54) is 31.2 Å². The Kier molecular flexibility index (Phi) is 5.18. The number of ketones is 1. The highest BCUT2D eigenvalue weighted by Gasteiger charge is 2.30. The van der Waals surface area contributed by atoms with Crippen LogP contribution in [0, 0.1) is 0 Å². The first kappa shape index (κ1) is 17.5. The molecule has 24 heavy (non-hydrogen) atoms. The minimum atomic E-state index is -4.43. The number of alkyl halides is 3. The molecule has 3 nitrogen and oxygen atoms in total. The van der Waals surface area contributed by atoms with Gasteiger partial charge in [0.1, 0.15) is 0 Å². The number of hydrogen-bond acceptors (Lipinski definition) is 2. The SMILES string of the molecule is CC(=O)c1cccc(NC(=O)/C=C/c2cccc(C(F)(F)F)c2)c1. The zero-order chi connectivity index (χ0) is 17.7.